The van der Waals surface area contributed by atoms with Crippen LogP contribution in [0.5, 0.6) is 0 Å². The van der Waals surface area contributed by atoms with Crippen LogP contribution in [0.25, 0.3) is 0 Å². The van der Waals surface area contributed by atoms with Gasteiger partial charge in [0.15, 0.2) is 0 Å². The van der Waals surface area contributed by atoms with Crippen molar-refractivity contribution in [3.05, 3.63) is 46.2 Å². The fourth-order valence-corrected chi connectivity index (χ4v) is 6.45. The molecule has 1 atom stereocenters. The van der Waals surface area contributed by atoms with Crippen molar-refractivity contribution in [2.75, 3.05) is 18.4 Å². The van der Waals surface area contributed by atoms with Crippen LogP contribution in [0.2, 0.25) is 0 Å². The maximum Gasteiger partial charge on any atom is 0.286 e. The van der Waals surface area contributed by atoms with Crippen LogP contribution in [0, 0.1) is 11.8 Å². The number of piperidine rings is 1. The van der Waals surface area contributed by atoms with Gasteiger partial charge >= 0.3 is 0 Å². The van der Waals surface area contributed by atoms with Gasteiger partial charge in [0.1, 0.15) is 10.7 Å². The van der Waals surface area contributed by atoms with Crippen LogP contribution in [0.15, 0.2) is 45.7 Å². The number of para-hydroxylation sites is 1. The molecule has 7 heteroatoms. The van der Waals surface area contributed by atoms with E-state index in [1.54, 1.807) is 12.1 Å². The molecule has 28 heavy (non-hydrogen) atoms. The maximum atomic E-state index is 12.5. The fourth-order valence-electron chi connectivity index (χ4n) is 3.97. The van der Waals surface area contributed by atoms with Crippen molar-refractivity contribution in [1.29, 1.82) is 0 Å². The van der Waals surface area contributed by atoms with Crippen molar-refractivity contribution in [2.45, 2.75) is 44.6 Å². The average Bonchev–Trinajstić information content (AvgIpc) is 3.07. The minimum Gasteiger partial charge on any atom is -0.342 e. The molecular formula is C21H27N3O2S2. The molecule has 4 rings (SSSR count). The summed E-state index contributed by atoms with van der Waals surface area (Å²) in [4.78, 5) is 5.52. The summed E-state index contributed by atoms with van der Waals surface area (Å²) in [7, 11) is -3.62. The third-order valence-corrected chi connectivity index (χ3v) is 7.69. The van der Waals surface area contributed by atoms with Gasteiger partial charge in [0, 0.05) is 28.8 Å². The summed E-state index contributed by atoms with van der Waals surface area (Å²) in [5.74, 6) is 1.38. The number of hydrogen-bond donors (Lipinski definition) is 1. The van der Waals surface area contributed by atoms with Gasteiger partial charge in [-0.15, -0.1) is 15.7 Å². The Bertz CT molecular complexity index is 979. The van der Waals surface area contributed by atoms with Gasteiger partial charge in [-0.25, -0.2) is 0 Å². The van der Waals surface area contributed by atoms with E-state index in [1.165, 1.54) is 9.75 Å². The van der Waals surface area contributed by atoms with E-state index < -0.39 is 10.0 Å². The molecule has 0 bridgehead atoms. The Kier molecular flexibility index (Phi) is 5.58. The summed E-state index contributed by atoms with van der Waals surface area (Å²) < 4.78 is 29.2. The highest BCUT2D eigenvalue weighted by molar-refractivity contribution is 7.90. The predicted octanol–water partition coefficient (Wildman–Crippen LogP) is 4.37. The third kappa shape index (κ3) is 4.31. The summed E-state index contributed by atoms with van der Waals surface area (Å²) >= 11 is 1.90. The molecule has 1 saturated heterocycles. The van der Waals surface area contributed by atoms with E-state index in [0.29, 0.717) is 17.4 Å². The van der Waals surface area contributed by atoms with E-state index in [0.717, 1.165) is 38.9 Å². The molecule has 0 unspecified atom stereocenters. The molecule has 1 N–H and O–H groups in total. The molecule has 0 saturated carbocycles. The predicted molar refractivity (Wildman–Crippen MR) is 116 cm³/mol. The molecule has 0 aliphatic carbocycles. The number of thiophene rings is 1. The third-order valence-electron chi connectivity index (χ3n) is 5.24. The monoisotopic (exact) mass is 417 g/mol. The standard InChI is InChI=1S/C21H27N3O2S2/c1-15(2)12-17-9-10-18(27-17)14-24-11-5-6-16(13-24)21-22-19-7-3-4-8-20(19)28(25,26)23-21/h3-4,7-10,15-16H,5-6,11-14H2,1-2H3,(H,22,23)/t16-/m0/s1. The van der Waals surface area contributed by atoms with Gasteiger partial charge in [-0.3, -0.25) is 4.90 Å². The molecule has 1 fully saturated rings. The van der Waals surface area contributed by atoms with Gasteiger partial charge in [0.05, 0.1) is 5.69 Å². The quantitative estimate of drug-likeness (QED) is 0.785. The summed E-state index contributed by atoms with van der Waals surface area (Å²) in [6.07, 6.45) is 3.14. The number of likely N-dealkylation sites (tertiary alicyclic amines) is 1. The number of nitrogens with zero attached hydrogens (tertiary/aromatic N) is 2. The first-order chi connectivity index (χ1) is 13.4. The Morgan fingerprint density at radius 2 is 2.00 bits per heavy atom. The minimum absolute atomic E-state index is 0.118. The van der Waals surface area contributed by atoms with Crippen LogP contribution in [-0.4, -0.2) is 32.2 Å². The number of rotatable bonds is 5. The number of nitrogens with one attached hydrogen (secondary N) is 1. The van der Waals surface area contributed by atoms with Gasteiger partial charge in [0.2, 0.25) is 0 Å². The lowest BCUT2D eigenvalue weighted by Gasteiger charge is -2.34. The van der Waals surface area contributed by atoms with Gasteiger partial charge in [0.25, 0.3) is 10.0 Å². The van der Waals surface area contributed by atoms with Crippen LogP contribution in [0.3, 0.4) is 0 Å². The van der Waals surface area contributed by atoms with E-state index in [2.05, 4.69) is 40.6 Å². The zero-order valence-electron chi connectivity index (χ0n) is 16.4. The Balaban J connectivity index is 1.46. The minimum atomic E-state index is -3.62. The smallest absolute Gasteiger partial charge is 0.286 e. The molecule has 0 radical (unpaired) electrons. The summed E-state index contributed by atoms with van der Waals surface area (Å²) in [6, 6.07) is 11.5. The van der Waals surface area contributed by atoms with E-state index in [4.69, 9.17) is 0 Å². The van der Waals surface area contributed by atoms with E-state index in [9.17, 15) is 8.42 Å². The zero-order valence-corrected chi connectivity index (χ0v) is 18.0. The number of sulfonamides is 1. The Morgan fingerprint density at radius 1 is 1.21 bits per heavy atom. The van der Waals surface area contributed by atoms with Crippen LogP contribution in [-0.2, 0) is 23.0 Å². The number of fused-ring (bicyclic) bond motifs is 1. The van der Waals surface area contributed by atoms with Gasteiger partial charge in [-0.1, -0.05) is 26.0 Å². The summed E-state index contributed by atoms with van der Waals surface area (Å²) in [5, 5.41) is 3.28. The average molecular weight is 418 g/mol. The molecule has 150 valence electrons. The Morgan fingerprint density at radius 3 is 2.82 bits per heavy atom. The first-order valence-electron chi connectivity index (χ1n) is 9.91. The van der Waals surface area contributed by atoms with Crippen LogP contribution < -0.4 is 5.32 Å². The first-order valence-corrected chi connectivity index (χ1v) is 12.2. The van der Waals surface area contributed by atoms with Crippen molar-refractivity contribution in [1.82, 2.24) is 4.90 Å². The first kappa shape index (κ1) is 19.6. The Labute approximate surface area is 171 Å². The largest absolute Gasteiger partial charge is 0.342 e. The highest BCUT2D eigenvalue weighted by Gasteiger charge is 2.31. The van der Waals surface area contributed by atoms with Crippen molar-refractivity contribution in [3.8, 4) is 0 Å². The SMILES string of the molecule is CC(C)Cc1ccc(CN2CCC[C@H](C3=NS(=O)(=O)c4ccccc4N3)C2)s1. The number of anilines is 1. The van der Waals surface area contributed by atoms with Gasteiger partial charge < -0.3 is 5.32 Å². The number of amidine groups is 1. The highest BCUT2D eigenvalue weighted by Crippen LogP contribution is 2.31. The molecule has 2 aliphatic heterocycles. The van der Waals surface area contributed by atoms with Crippen LogP contribution >= 0.6 is 11.3 Å². The van der Waals surface area contributed by atoms with Crippen molar-refractivity contribution in [3.63, 3.8) is 0 Å². The lowest BCUT2D eigenvalue weighted by molar-refractivity contribution is 0.198. The zero-order chi connectivity index (χ0) is 19.7. The van der Waals surface area contributed by atoms with Crippen molar-refractivity contribution >= 4 is 32.9 Å². The molecule has 1 aromatic carbocycles. The molecule has 0 spiro atoms. The van der Waals surface area contributed by atoms with E-state index >= 15 is 0 Å². The van der Waals surface area contributed by atoms with E-state index in [1.807, 2.05) is 23.5 Å². The summed E-state index contributed by atoms with van der Waals surface area (Å²) in [6.45, 7) is 7.30. The Hall–Kier alpha value is -1.70. The fraction of sp³-hybridized carbons (Fsp3) is 0.476. The molecule has 2 aromatic rings. The number of benzene rings is 1. The van der Waals surface area contributed by atoms with Crippen LogP contribution in [0.4, 0.5) is 5.69 Å². The van der Waals surface area contributed by atoms with Crippen molar-refractivity contribution in [2.24, 2.45) is 16.2 Å². The molecule has 0 amide bonds. The van der Waals surface area contributed by atoms with Gasteiger partial charge in [-0.2, -0.15) is 8.42 Å². The summed E-state index contributed by atoms with van der Waals surface area (Å²) in [5.41, 5.74) is 0.640. The number of hydrogen-bond acceptors (Lipinski definition) is 5. The second-order valence-electron chi connectivity index (χ2n) is 8.11. The molecule has 5 nitrogen and oxygen atoms in total. The topological polar surface area (TPSA) is 61.8 Å². The van der Waals surface area contributed by atoms with Gasteiger partial charge in [-0.05, 0) is 56.0 Å². The highest BCUT2D eigenvalue weighted by atomic mass is 32.2. The van der Waals surface area contributed by atoms with Crippen LogP contribution in [0.1, 0.15) is 36.4 Å². The molecule has 1 aromatic heterocycles. The normalized spacial score (nSPS) is 21.8. The van der Waals surface area contributed by atoms with Crippen molar-refractivity contribution < 1.29 is 8.42 Å². The van der Waals surface area contributed by atoms with E-state index in [-0.39, 0.29) is 10.8 Å². The second-order valence-corrected chi connectivity index (χ2v) is 10.9. The molecular weight excluding hydrogens is 390 g/mol. The maximum absolute atomic E-state index is 12.5. The molecule has 3 heterocycles. The lowest BCUT2D eigenvalue weighted by atomic mass is 9.96. The molecule has 2 aliphatic rings. The lowest BCUT2D eigenvalue weighted by Crippen LogP contribution is -2.41. The second kappa shape index (κ2) is 7.97.